The Morgan fingerprint density at radius 1 is 1.11 bits per heavy atom. The first kappa shape index (κ1) is 19.5. The number of piperidine rings is 1. The Morgan fingerprint density at radius 3 is 2.61 bits per heavy atom. The molecule has 0 spiro atoms. The highest BCUT2D eigenvalue weighted by atomic mass is 35.5. The van der Waals surface area contributed by atoms with Crippen LogP contribution >= 0.6 is 11.6 Å². The van der Waals surface area contributed by atoms with Crippen LogP contribution in [0.4, 0.5) is 0 Å². The lowest BCUT2D eigenvalue weighted by atomic mass is 9.93. The van der Waals surface area contributed by atoms with Crippen molar-refractivity contribution in [1.29, 1.82) is 0 Å². The maximum atomic E-state index is 6.08. The number of imidazole rings is 1. The minimum atomic E-state index is 0.783. The molecular weight excluding hydrogens is 366 g/mol. The summed E-state index contributed by atoms with van der Waals surface area (Å²) in [6, 6.07) is 12.7. The van der Waals surface area contributed by atoms with E-state index in [1.807, 2.05) is 12.1 Å². The van der Waals surface area contributed by atoms with Crippen molar-refractivity contribution < 1.29 is 0 Å². The molecule has 2 heterocycles. The molecule has 1 aliphatic rings. The van der Waals surface area contributed by atoms with Gasteiger partial charge in [0, 0.05) is 24.5 Å². The zero-order chi connectivity index (χ0) is 19.7. The molecule has 148 valence electrons. The van der Waals surface area contributed by atoms with Crippen LogP contribution < -0.4 is 0 Å². The van der Waals surface area contributed by atoms with Crippen LogP contribution in [0.2, 0.25) is 5.02 Å². The average molecular weight is 396 g/mol. The predicted molar refractivity (Wildman–Crippen MR) is 118 cm³/mol. The lowest BCUT2D eigenvalue weighted by molar-refractivity contribution is 0.201. The van der Waals surface area contributed by atoms with Crippen LogP contribution in [-0.2, 0) is 13.0 Å². The highest BCUT2D eigenvalue weighted by Crippen LogP contribution is 2.26. The number of rotatable bonds is 5. The number of hydrogen-bond acceptors (Lipinski definition) is 2. The summed E-state index contributed by atoms with van der Waals surface area (Å²) in [5.74, 6) is 1.99. The fourth-order valence-electron chi connectivity index (χ4n) is 4.41. The standard InChI is InChI=1S/C24H30ClN3/c1-17-13-22-23(14-18(17)2)28(16-20-6-9-21(25)10-7-20)24(26-22)11-8-19-5-4-12-27(3)15-19/h6-7,9-10,13-14,19H,4-5,8,11-12,15-16H2,1-3H3. The van der Waals surface area contributed by atoms with E-state index in [1.165, 1.54) is 60.4 Å². The Morgan fingerprint density at radius 2 is 1.86 bits per heavy atom. The topological polar surface area (TPSA) is 21.1 Å². The van der Waals surface area contributed by atoms with E-state index in [4.69, 9.17) is 16.6 Å². The normalized spacial score (nSPS) is 18.1. The van der Waals surface area contributed by atoms with Gasteiger partial charge in [-0.2, -0.15) is 0 Å². The van der Waals surface area contributed by atoms with E-state index in [0.717, 1.165) is 29.4 Å². The van der Waals surface area contributed by atoms with E-state index in [1.54, 1.807) is 0 Å². The number of likely N-dealkylation sites (tertiary alicyclic amines) is 1. The molecule has 2 aromatic carbocycles. The highest BCUT2D eigenvalue weighted by molar-refractivity contribution is 6.30. The van der Waals surface area contributed by atoms with Gasteiger partial charge in [-0.05, 0) is 93.6 Å². The van der Waals surface area contributed by atoms with Crippen LogP contribution in [0.25, 0.3) is 11.0 Å². The van der Waals surface area contributed by atoms with E-state index in [9.17, 15) is 0 Å². The fourth-order valence-corrected chi connectivity index (χ4v) is 4.54. The Bertz CT molecular complexity index is 958. The molecule has 3 aromatic rings. The van der Waals surface area contributed by atoms with Crippen molar-refractivity contribution in [3.05, 3.63) is 63.9 Å². The van der Waals surface area contributed by atoms with Crippen molar-refractivity contribution in [2.45, 2.75) is 46.1 Å². The summed E-state index contributed by atoms with van der Waals surface area (Å²) in [7, 11) is 2.24. The molecule has 28 heavy (non-hydrogen) atoms. The molecule has 0 bridgehead atoms. The lowest BCUT2D eigenvalue weighted by Crippen LogP contribution is -2.32. The quantitative estimate of drug-likeness (QED) is 0.558. The third-order valence-corrected chi connectivity index (χ3v) is 6.45. The molecule has 4 heteroatoms. The number of aryl methyl sites for hydroxylation is 3. The van der Waals surface area contributed by atoms with E-state index in [0.29, 0.717) is 0 Å². The van der Waals surface area contributed by atoms with Gasteiger partial charge >= 0.3 is 0 Å². The van der Waals surface area contributed by atoms with Crippen molar-refractivity contribution in [2.24, 2.45) is 5.92 Å². The zero-order valence-corrected chi connectivity index (χ0v) is 18.0. The minimum absolute atomic E-state index is 0.783. The zero-order valence-electron chi connectivity index (χ0n) is 17.2. The van der Waals surface area contributed by atoms with E-state index in [2.05, 4.69) is 54.6 Å². The molecule has 1 fully saturated rings. The molecule has 1 atom stereocenters. The van der Waals surface area contributed by atoms with Gasteiger partial charge in [0.1, 0.15) is 5.82 Å². The highest BCUT2D eigenvalue weighted by Gasteiger charge is 2.19. The Balaban J connectivity index is 1.64. The van der Waals surface area contributed by atoms with Gasteiger partial charge in [-0.25, -0.2) is 4.98 Å². The SMILES string of the molecule is Cc1cc2nc(CCC3CCCN(C)C3)n(Cc3ccc(Cl)cc3)c2cc1C. The monoisotopic (exact) mass is 395 g/mol. The van der Waals surface area contributed by atoms with Crippen LogP contribution in [0.5, 0.6) is 0 Å². The molecule has 0 saturated carbocycles. The van der Waals surface area contributed by atoms with Gasteiger partial charge in [-0.3, -0.25) is 0 Å². The molecule has 1 saturated heterocycles. The van der Waals surface area contributed by atoms with Crippen LogP contribution in [0, 0.1) is 19.8 Å². The second-order valence-corrected chi connectivity index (χ2v) is 8.91. The Labute approximate surface area is 173 Å². The Hall–Kier alpha value is -1.84. The van der Waals surface area contributed by atoms with E-state index < -0.39 is 0 Å². The lowest BCUT2D eigenvalue weighted by Gasteiger charge is -2.29. The van der Waals surface area contributed by atoms with E-state index in [-0.39, 0.29) is 0 Å². The fraction of sp³-hybridized carbons (Fsp3) is 0.458. The molecular formula is C24H30ClN3. The van der Waals surface area contributed by atoms with Crippen LogP contribution in [-0.4, -0.2) is 34.6 Å². The summed E-state index contributed by atoms with van der Waals surface area (Å²) in [5, 5.41) is 0.785. The molecule has 0 amide bonds. The van der Waals surface area contributed by atoms with Crippen molar-refractivity contribution in [3.8, 4) is 0 Å². The maximum absolute atomic E-state index is 6.08. The van der Waals surface area contributed by atoms with Crippen LogP contribution in [0.3, 0.4) is 0 Å². The smallest absolute Gasteiger partial charge is 0.110 e. The largest absolute Gasteiger partial charge is 0.323 e. The van der Waals surface area contributed by atoms with E-state index >= 15 is 0 Å². The van der Waals surface area contributed by atoms with Gasteiger partial charge in [-0.1, -0.05) is 23.7 Å². The number of benzene rings is 2. The van der Waals surface area contributed by atoms with Crippen molar-refractivity contribution in [2.75, 3.05) is 20.1 Å². The predicted octanol–water partition coefficient (Wildman–Crippen LogP) is 5.63. The van der Waals surface area contributed by atoms with Gasteiger partial charge in [-0.15, -0.1) is 0 Å². The number of hydrogen-bond donors (Lipinski definition) is 0. The maximum Gasteiger partial charge on any atom is 0.110 e. The van der Waals surface area contributed by atoms with Crippen LogP contribution in [0.1, 0.15) is 41.8 Å². The summed E-state index contributed by atoms with van der Waals surface area (Å²) in [6.45, 7) is 7.66. The average Bonchev–Trinajstić information content (AvgIpc) is 2.99. The summed E-state index contributed by atoms with van der Waals surface area (Å²) in [5.41, 5.74) is 6.26. The molecule has 0 aliphatic carbocycles. The first-order valence-corrected chi connectivity index (χ1v) is 10.8. The number of halogens is 1. The summed E-state index contributed by atoms with van der Waals surface area (Å²) < 4.78 is 2.41. The summed E-state index contributed by atoms with van der Waals surface area (Å²) in [6.07, 6.45) is 4.92. The molecule has 1 aromatic heterocycles. The van der Waals surface area contributed by atoms with Crippen molar-refractivity contribution >= 4 is 22.6 Å². The molecule has 3 nitrogen and oxygen atoms in total. The van der Waals surface area contributed by atoms with Crippen molar-refractivity contribution in [3.63, 3.8) is 0 Å². The minimum Gasteiger partial charge on any atom is -0.323 e. The first-order chi connectivity index (χ1) is 13.5. The molecule has 1 unspecified atom stereocenters. The second kappa shape index (κ2) is 8.26. The molecule has 4 rings (SSSR count). The number of aromatic nitrogens is 2. The number of fused-ring (bicyclic) bond motifs is 1. The summed E-state index contributed by atoms with van der Waals surface area (Å²) >= 11 is 6.08. The second-order valence-electron chi connectivity index (χ2n) is 8.47. The van der Waals surface area contributed by atoms with Crippen molar-refractivity contribution in [1.82, 2.24) is 14.5 Å². The summed E-state index contributed by atoms with van der Waals surface area (Å²) in [4.78, 5) is 7.52. The van der Waals surface area contributed by atoms with Gasteiger partial charge in [0.15, 0.2) is 0 Å². The molecule has 1 aliphatic heterocycles. The van der Waals surface area contributed by atoms with Gasteiger partial charge in [0.2, 0.25) is 0 Å². The molecule has 0 N–H and O–H groups in total. The number of nitrogens with zero attached hydrogens (tertiary/aromatic N) is 3. The van der Waals surface area contributed by atoms with Gasteiger partial charge < -0.3 is 9.47 Å². The van der Waals surface area contributed by atoms with Crippen LogP contribution in [0.15, 0.2) is 36.4 Å². The van der Waals surface area contributed by atoms with Gasteiger partial charge in [0.25, 0.3) is 0 Å². The third-order valence-electron chi connectivity index (χ3n) is 6.19. The first-order valence-electron chi connectivity index (χ1n) is 10.4. The Kier molecular flexibility index (Phi) is 5.75. The van der Waals surface area contributed by atoms with Gasteiger partial charge in [0.05, 0.1) is 11.0 Å². The third kappa shape index (κ3) is 4.26. The molecule has 0 radical (unpaired) electrons.